The molecule has 0 heterocycles. The molecule has 39 heavy (non-hydrogen) atoms. The van der Waals surface area contributed by atoms with Gasteiger partial charge in [0.15, 0.2) is 0 Å². The summed E-state index contributed by atoms with van der Waals surface area (Å²) in [6, 6.07) is 21.2. The van der Waals surface area contributed by atoms with E-state index in [1.54, 1.807) is 49.4 Å². The highest BCUT2D eigenvalue weighted by Gasteiger charge is 2.32. The van der Waals surface area contributed by atoms with Gasteiger partial charge in [-0.1, -0.05) is 42.5 Å². The summed E-state index contributed by atoms with van der Waals surface area (Å²) in [5.74, 6) is -0.228. The third-order valence-electron chi connectivity index (χ3n) is 6.25. The van der Waals surface area contributed by atoms with Crippen molar-refractivity contribution in [3.05, 3.63) is 90.0 Å². The SMILES string of the molecule is CCOc1ccc(N(CC(=O)N(Cc2ccccc2C)C(C)C(=O)NC(C)C)S(=O)(=O)c2ccccc2)cc1. The summed E-state index contributed by atoms with van der Waals surface area (Å²) in [4.78, 5) is 28.4. The Balaban J connectivity index is 2.03. The van der Waals surface area contributed by atoms with Crippen molar-refractivity contribution in [3.8, 4) is 5.75 Å². The first-order valence-electron chi connectivity index (χ1n) is 13.0. The molecule has 1 atom stereocenters. The summed E-state index contributed by atoms with van der Waals surface area (Å²) >= 11 is 0. The number of benzene rings is 3. The Labute approximate surface area is 231 Å². The van der Waals surface area contributed by atoms with Crippen molar-refractivity contribution in [3.63, 3.8) is 0 Å². The fourth-order valence-electron chi connectivity index (χ4n) is 4.08. The molecule has 2 amide bonds. The van der Waals surface area contributed by atoms with E-state index < -0.39 is 28.5 Å². The van der Waals surface area contributed by atoms with Crippen LogP contribution in [0, 0.1) is 6.92 Å². The van der Waals surface area contributed by atoms with E-state index in [1.165, 1.54) is 17.0 Å². The van der Waals surface area contributed by atoms with Gasteiger partial charge in [0, 0.05) is 12.6 Å². The molecule has 0 aromatic heterocycles. The lowest BCUT2D eigenvalue weighted by molar-refractivity contribution is -0.139. The number of ether oxygens (including phenoxy) is 1. The lowest BCUT2D eigenvalue weighted by Crippen LogP contribution is -2.52. The number of aryl methyl sites for hydroxylation is 1. The van der Waals surface area contributed by atoms with Gasteiger partial charge in [0.1, 0.15) is 18.3 Å². The van der Waals surface area contributed by atoms with Gasteiger partial charge in [-0.2, -0.15) is 0 Å². The van der Waals surface area contributed by atoms with E-state index in [-0.39, 0.29) is 23.4 Å². The fraction of sp³-hybridized carbons (Fsp3) is 0.333. The molecular formula is C30H37N3O5S. The quantitative estimate of drug-likeness (QED) is 0.357. The molecule has 0 bridgehead atoms. The van der Waals surface area contributed by atoms with Gasteiger partial charge in [-0.05, 0) is 82.1 Å². The van der Waals surface area contributed by atoms with Crippen LogP contribution in [0.25, 0.3) is 0 Å². The molecule has 0 saturated heterocycles. The Morgan fingerprint density at radius 2 is 1.51 bits per heavy atom. The monoisotopic (exact) mass is 551 g/mol. The first-order chi connectivity index (χ1) is 18.5. The minimum atomic E-state index is -4.11. The Morgan fingerprint density at radius 1 is 0.897 bits per heavy atom. The maximum atomic E-state index is 13.9. The second kappa shape index (κ2) is 13.3. The van der Waals surface area contributed by atoms with Crippen LogP contribution in [-0.4, -0.2) is 50.4 Å². The van der Waals surface area contributed by atoms with Gasteiger partial charge >= 0.3 is 0 Å². The zero-order valence-electron chi connectivity index (χ0n) is 23.1. The Morgan fingerprint density at radius 3 is 2.10 bits per heavy atom. The smallest absolute Gasteiger partial charge is 0.264 e. The average molecular weight is 552 g/mol. The number of anilines is 1. The largest absolute Gasteiger partial charge is 0.494 e. The molecule has 0 fully saturated rings. The van der Waals surface area contributed by atoms with Crippen LogP contribution in [-0.2, 0) is 26.2 Å². The van der Waals surface area contributed by atoms with Crippen LogP contribution in [0.2, 0.25) is 0 Å². The molecule has 1 unspecified atom stereocenters. The van der Waals surface area contributed by atoms with Crippen molar-refractivity contribution in [1.29, 1.82) is 0 Å². The van der Waals surface area contributed by atoms with E-state index in [1.807, 2.05) is 52.0 Å². The molecule has 0 spiro atoms. The normalized spacial score (nSPS) is 12.1. The number of carbonyl (C=O) groups is 2. The maximum Gasteiger partial charge on any atom is 0.264 e. The molecule has 208 valence electrons. The van der Waals surface area contributed by atoms with Crippen LogP contribution in [0.4, 0.5) is 5.69 Å². The third kappa shape index (κ3) is 7.60. The van der Waals surface area contributed by atoms with Crippen LogP contribution < -0.4 is 14.4 Å². The molecule has 1 N–H and O–H groups in total. The van der Waals surface area contributed by atoms with Crippen LogP contribution in [0.15, 0.2) is 83.8 Å². The summed E-state index contributed by atoms with van der Waals surface area (Å²) in [6.45, 7) is 9.27. The first-order valence-corrected chi connectivity index (χ1v) is 14.4. The zero-order chi connectivity index (χ0) is 28.6. The minimum absolute atomic E-state index is 0.0581. The summed E-state index contributed by atoms with van der Waals surface area (Å²) in [7, 11) is -4.11. The van der Waals surface area contributed by atoms with Crippen LogP contribution in [0.1, 0.15) is 38.8 Å². The molecule has 0 aliphatic heterocycles. The summed E-state index contributed by atoms with van der Waals surface area (Å²) in [5, 5.41) is 2.86. The van der Waals surface area contributed by atoms with Crippen molar-refractivity contribution in [2.45, 2.75) is 58.1 Å². The lowest BCUT2D eigenvalue weighted by atomic mass is 10.1. The van der Waals surface area contributed by atoms with Crippen molar-refractivity contribution in [2.24, 2.45) is 0 Å². The predicted octanol–water partition coefficient (Wildman–Crippen LogP) is 4.53. The molecule has 0 aliphatic rings. The average Bonchev–Trinajstić information content (AvgIpc) is 2.91. The number of sulfonamides is 1. The summed E-state index contributed by atoms with van der Waals surface area (Å²) in [5.41, 5.74) is 2.14. The third-order valence-corrected chi connectivity index (χ3v) is 8.03. The number of hydrogen-bond donors (Lipinski definition) is 1. The number of nitrogens with one attached hydrogen (secondary N) is 1. The highest BCUT2D eigenvalue weighted by Crippen LogP contribution is 2.26. The Kier molecular flexibility index (Phi) is 10.1. The van der Waals surface area contributed by atoms with Gasteiger partial charge in [-0.15, -0.1) is 0 Å². The highest BCUT2D eigenvalue weighted by molar-refractivity contribution is 7.92. The molecule has 3 aromatic carbocycles. The second-order valence-electron chi connectivity index (χ2n) is 9.54. The van der Waals surface area contributed by atoms with Gasteiger partial charge in [-0.3, -0.25) is 13.9 Å². The summed E-state index contributed by atoms with van der Waals surface area (Å²) in [6.07, 6.45) is 0. The van der Waals surface area contributed by atoms with Crippen LogP contribution in [0.5, 0.6) is 5.75 Å². The van der Waals surface area contributed by atoms with E-state index in [2.05, 4.69) is 5.32 Å². The van der Waals surface area contributed by atoms with Gasteiger partial charge in [-0.25, -0.2) is 8.42 Å². The second-order valence-corrected chi connectivity index (χ2v) is 11.4. The number of amides is 2. The number of rotatable bonds is 12. The molecule has 3 aromatic rings. The maximum absolute atomic E-state index is 13.9. The van der Waals surface area contributed by atoms with E-state index in [4.69, 9.17) is 4.74 Å². The molecule has 0 saturated carbocycles. The molecule has 0 radical (unpaired) electrons. The highest BCUT2D eigenvalue weighted by atomic mass is 32.2. The van der Waals surface area contributed by atoms with Crippen molar-refractivity contribution in [2.75, 3.05) is 17.5 Å². The number of nitrogens with zero attached hydrogens (tertiary/aromatic N) is 2. The van der Waals surface area contributed by atoms with Crippen molar-refractivity contribution < 1.29 is 22.7 Å². The van der Waals surface area contributed by atoms with Crippen LogP contribution >= 0.6 is 0 Å². The van der Waals surface area contributed by atoms with Gasteiger partial charge in [0.2, 0.25) is 11.8 Å². The first kappa shape index (κ1) is 29.7. The van der Waals surface area contributed by atoms with E-state index in [0.717, 1.165) is 15.4 Å². The minimum Gasteiger partial charge on any atom is -0.494 e. The molecule has 3 rings (SSSR count). The van der Waals surface area contributed by atoms with E-state index in [9.17, 15) is 18.0 Å². The van der Waals surface area contributed by atoms with E-state index >= 15 is 0 Å². The molecular weight excluding hydrogens is 514 g/mol. The Hall–Kier alpha value is -3.85. The summed E-state index contributed by atoms with van der Waals surface area (Å²) < 4.78 is 34.2. The Bertz CT molecular complexity index is 1360. The van der Waals surface area contributed by atoms with Gasteiger partial charge in [0.05, 0.1) is 17.2 Å². The van der Waals surface area contributed by atoms with Gasteiger partial charge in [0.25, 0.3) is 10.0 Å². The van der Waals surface area contributed by atoms with Gasteiger partial charge < -0.3 is 15.0 Å². The van der Waals surface area contributed by atoms with E-state index in [0.29, 0.717) is 18.0 Å². The number of hydrogen-bond acceptors (Lipinski definition) is 5. The van der Waals surface area contributed by atoms with Crippen molar-refractivity contribution in [1.82, 2.24) is 10.2 Å². The lowest BCUT2D eigenvalue weighted by Gasteiger charge is -2.32. The topological polar surface area (TPSA) is 96.0 Å². The zero-order valence-corrected chi connectivity index (χ0v) is 23.9. The predicted molar refractivity (Wildman–Crippen MR) is 153 cm³/mol. The molecule has 9 heteroatoms. The number of carbonyl (C=O) groups excluding carboxylic acids is 2. The molecule has 8 nitrogen and oxygen atoms in total. The van der Waals surface area contributed by atoms with Crippen molar-refractivity contribution >= 4 is 27.5 Å². The van der Waals surface area contributed by atoms with Crippen LogP contribution in [0.3, 0.4) is 0 Å². The fourth-order valence-corrected chi connectivity index (χ4v) is 5.52. The standard InChI is InChI=1S/C30H37N3O5S/c1-6-38-27-18-16-26(17-19-27)33(39(36,37)28-14-8-7-9-15-28)21-29(34)32(24(5)30(35)31-22(2)3)20-25-13-11-10-12-23(25)4/h7-19,22,24H,6,20-21H2,1-5H3,(H,31,35). The molecule has 0 aliphatic carbocycles.